The van der Waals surface area contributed by atoms with Gasteiger partial charge in [0.15, 0.2) is 0 Å². The Morgan fingerprint density at radius 2 is 1.90 bits per heavy atom. The van der Waals surface area contributed by atoms with Crippen molar-refractivity contribution in [1.29, 1.82) is 0 Å². The van der Waals surface area contributed by atoms with E-state index in [9.17, 15) is 24.0 Å². The SMILES string of the molecule is Cc1cc(C(O)Cc2ccccc2[N+](=O)[O-])c(F)cc1F. The average Bonchev–Trinajstić information content (AvgIpc) is 2.43. The van der Waals surface area contributed by atoms with Crippen LogP contribution in [0.1, 0.15) is 22.8 Å². The second-order valence-electron chi connectivity index (χ2n) is 4.73. The van der Waals surface area contributed by atoms with Crippen LogP contribution in [0.2, 0.25) is 0 Å². The molecule has 110 valence electrons. The molecule has 1 unspecified atom stereocenters. The fourth-order valence-electron chi connectivity index (χ4n) is 2.11. The number of aliphatic hydroxyl groups is 1. The summed E-state index contributed by atoms with van der Waals surface area (Å²) >= 11 is 0. The molecule has 2 rings (SSSR count). The molecule has 0 aliphatic rings. The smallest absolute Gasteiger partial charge is 0.272 e. The summed E-state index contributed by atoms with van der Waals surface area (Å²) in [6.07, 6.45) is -1.41. The first kappa shape index (κ1) is 15.1. The van der Waals surface area contributed by atoms with E-state index in [2.05, 4.69) is 0 Å². The highest BCUT2D eigenvalue weighted by Crippen LogP contribution is 2.27. The molecule has 0 amide bonds. The fourth-order valence-corrected chi connectivity index (χ4v) is 2.11. The van der Waals surface area contributed by atoms with Gasteiger partial charge in [0.25, 0.3) is 5.69 Å². The minimum atomic E-state index is -1.29. The lowest BCUT2D eigenvalue weighted by Gasteiger charge is -2.13. The second kappa shape index (κ2) is 5.97. The van der Waals surface area contributed by atoms with Crippen LogP contribution in [0.15, 0.2) is 36.4 Å². The number of para-hydroxylation sites is 1. The highest BCUT2D eigenvalue weighted by Gasteiger charge is 2.20. The van der Waals surface area contributed by atoms with E-state index >= 15 is 0 Å². The number of rotatable bonds is 4. The first-order valence-electron chi connectivity index (χ1n) is 6.26. The fraction of sp³-hybridized carbons (Fsp3) is 0.200. The van der Waals surface area contributed by atoms with Crippen LogP contribution in [0.5, 0.6) is 0 Å². The molecule has 2 aromatic rings. The largest absolute Gasteiger partial charge is 0.388 e. The summed E-state index contributed by atoms with van der Waals surface area (Å²) in [5.41, 5.74) is 0.271. The van der Waals surface area contributed by atoms with Crippen LogP contribution in [0.4, 0.5) is 14.5 Å². The Bertz CT molecular complexity index is 689. The Hall–Kier alpha value is -2.34. The normalized spacial score (nSPS) is 12.2. The zero-order valence-corrected chi connectivity index (χ0v) is 11.2. The van der Waals surface area contributed by atoms with E-state index in [1.807, 2.05) is 0 Å². The molecule has 0 radical (unpaired) electrons. The van der Waals surface area contributed by atoms with Gasteiger partial charge in [-0.15, -0.1) is 0 Å². The van der Waals surface area contributed by atoms with E-state index in [0.29, 0.717) is 6.07 Å². The maximum atomic E-state index is 13.7. The van der Waals surface area contributed by atoms with Crippen molar-refractivity contribution >= 4 is 5.69 Å². The predicted octanol–water partition coefficient (Wildman–Crippen LogP) is 3.46. The maximum Gasteiger partial charge on any atom is 0.272 e. The number of hydrogen-bond donors (Lipinski definition) is 1. The van der Waals surface area contributed by atoms with Crippen molar-refractivity contribution < 1.29 is 18.8 Å². The summed E-state index contributed by atoms with van der Waals surface area (Å²) in [5.74, 6) is -1.57. The van der Waals surface area contributed by atoms with Crippen molar-refractivity contribution in [3.63, 3.8) is 0 Å². The molecule has 4 nitrogen and oxygen atoms in total. The van der Waals surface area contributed by atoms with Crippen LogP contribution < -0.4 is 0 Å². The summed E-state index contributed by atoms with van der Waals surface area (Å²) in [4.78, 5) is 10.3. The number of benzene rings is 2. The molecule has 0 aliphatic heterocycles. The van der Waals surface area contributed by atoms with E-state index in [0.717, 1.165) is 0 Å². The van der Waals surface area contributed by atoms with Crippen molar-refractivity contribution in [1.82, 2.24) is 0 Å². The standard InChI is InChI=1S/C15H13F2NO3/c1-9-6-11(13(17)8-12(9)16)15(19)7-10-4-2-3-5-14(10)18(20)21/h2-6,8,15,19H,7H2,1H3. The van der Waals surface area contributed by atoms with Crippen molar-refractivity contribution in [2.24, 2.45) is 0 Å². The zero-order chi connectivity index (χ0) is 15.6. The highest BCUT2D eigenvalue weighted by atomic mass is 19.1. The summed E-state index contributed by atoms with van der Waals surface area (Å²) in [7, 11) is 0. The first-order valence-corrected chi connectivity index (χ1v) is 6.26. The summed E-state index contributed by atoms with van der Waals surface area (Å²) in [6.45, 7) is 1.45. The number of aliphatic hydroxyl groups excluding tert-OH is 1. The topological polar surface area (TPSA) is 63.4 Å². The number of nitro groups is 1. The molecule has 2 aromatic carbocycles. The maximum absolute atomic E-state index is 13.7. The summed E-state index contributed by atoms with van der Waals surface area (Å²) in [6, 6.07) is 7.83. The van der Waals surface area contributed by atoms with Gasteiger partial charge >= 0.3 is 0 Å². The number of nitro benzene ring substituents is 1. The van der Waals surface area contributed by atoms with Crippen LogP contribution in [0.25, 0.3) is 0 Å². The lowest BCUT2D eigenvalue weighted by molar-refractivity contribution is -0.385. The van der Waals surface area contributed by atoms with Gasteiger partial charge in [-0.1, -0.05) is 18.2 Å². The summed E-state index contributed by atoms with van der Waals surface area (Å²) in [5, 5.41) is 21.0. The Labute approximate surface area is 119 Å². The first-order chi connectivity index (χ1) is 9.90. The molecule has 0 heterocycles. The molecule has 0 saturated heterocycles. The molecule has 1 N–H and O–H groups in total. The molecule has 0 aromatic heterocycles. The van der Waals surface area contributed by atoms with E-state index < -0.39 is 22.7 Å². The Balaban J connectivity index is 2.33. The second-order valence-corrected chi connectivity index (χ2v) is 4.73. The molecule has 0 spiro atoms. The van der Waals surface area contributed by atoms with Gasteiger partial charge in [-0.3, -0.25) is 10.1 Å². The predicted molar refractivity (Wildman–Crippen MR) is 72.9 cm³/mol. The molecule has 0 saturated carbocycles. The number of hydrogen-bond acceptors (Lipinski definition) is 3. The number of aryl methyl sites for hydroxylation is 1. The molecule has 21 heavy (non-hydrogen) atoms. The third kappa shape index (κ3) is 3.22. The van der Waals surface area contributed by atoms with Crippen LogP contribution in [0, 0.1) is 28.7 Å². The van der Waals surface area contributed by atoms with Crippen LogP contribution in [0.3, 0.4) is 0 Å². The molecular weight excluding hydrogens is 280 g/mol. The molecule has 1 atom stereocenters. The molecular formula is C15H13F2NO3. The van der Waals surface area contributed by atoms with Gasteiger partial charge in [0.2, 0.25) is 0 Å². The van der Waals surface area contributed by atoms with E-state index in [1.54, 1.807) is 6.07 Å². The Morgan fingerprint density at radius 1 is 1.24 bits per heavy atom. The van der Waals surface area contributed by atoms with Crippen molar-refractivity contribution in [2.75, 3.05) is 0 Å². The average molecular weight is 293 g/mol. The molecule has 0 fully saturated rings. The number of halogens is 2. The Morgan fingerprint density at radius 3 is 2.57 bits per heavy atom. The Kier molecular flexibility index (Phi) is 4.28. The van der Waals surface area contributed by atoms with Crippen LogP contribution in [-0.2, 0) is 6.42 Å². The van der Waals surface area contributed by atoms with Gasteiger partial charge in [-0.05, 0) is 18.6 Å². The van der Waals surface area contributed by atoms with Crippen LogP contribution >= 0.6 is 0 Å². The third-order valence-electron chi connectivity index (χ3n) is 3.24. The van der Waals surface area contributed by atoms with Crippen molar-refractivity contribution in [2.45, 2.75) is 19.4 Å². The molecule has 0 bridgehead atoms. The minimum absolute atomic E-state index is 0.0768. The van der Waals surface area contributed by atoms with Crippen molar-refractivity contribution in [3.8, 4) is 0 Å². The number of nitrogens with zero attached hydrogens (tertiary/aromatic N) is 1. The van der Waals surface area contributed by atoms with Gasteiger partial charge in [-0.25, -0.2) is 8.78 Å². The minimum Gasteiger partial charge on any atom is -0.388 e. The third-order valence-corrected chi connectivity index (χ3v) is 3.24. The lowest BCUT2D eigenvalue weighted by atomic mass is 9.98. The molecule has 6 heteroatoms. The lowest BCUT2D eigenvalue weighted by Crippen LogP contribution is -2.07. The monoisotopic (exact) mass is 293 g/mol. The van der Waals surface area contributed by atoms with E-state index in [4.69, 9.17) is 0 Å². The van der Waals surface area contributed by atoms with Gasteiger partial charge < -0.3 is 5.11 Å². The highest BCUT2D eigenvalue weighted by molar-refractivity contribution is 5.41. The van der Waals surface area contributed by atoms with E-state index in [-0.39, 0.29) is 28.8 Å². The quantitative estimate of drug-likeness (QED) is 0.693. The van der Waals surface area contributed by atoms with Crippen molar-refractivity contribution in [3.05, 3.63) is 74.8 Å². The zero-order valence-electron chi connectivity index (χ0n) is 11.2. The van der Waals surface area contributed by atoms with Gasteiger partial charge in [0.1, 0.15) is 11.6 Å². The van der Waals surface area contributed by atoms with Crippen LogP contribution in [-0.4, -0.2) is 10.0 Å². The van der Waals surface area contributed by atoms with Gasteiger partial charge in [0.05, 0.1) is 11.0 Å². The van der Waals surface area contributed by atoms with E-state index in [1.165, 1.54) is 31.2 Å². The summed E-state index contributed by atoms with van der Waals surface area (Å²) < 4.78 is 26.9. The van der Waals surface area contributed by atoms with Gasteiger partial charge in [0, 0.05) is 29.7 Å². The van der Waals surface area contributed by atoms with Gasteiger partial charge in [-0.2, -0.15) is 0 Å². The molecule has 0 aliphatic carbocycles.